The third kappa shape index (κ3) is 12.8. The third-order valence-corrected chi connectivity index (χ3v) is 5.73. The van der Waals surface area contributed by atoms with Crippen LogP contribution in [0, 0.1) is 0 Å². The molecule has 0 fully saturated rings. The summed E-state index contributed by atoms with van der Waals surface area (Å²) in [5.41, 5.74) is -0.579. The first-order chi connectivity index (χ1) is 11.9. The molecular formula is C20H42O4S. The van der Waals surface area contributed by atoms with Crippen molar-refractivity contribution < 1.29 is 16.8 Å². The largest absolute Gasteiger partial charge is 0.400 e. The van der Waals surface area contributed by atoms with Crippen molar-refractivity contribution in [2.24, 2.45) is 0 Å². The fourth-order valence-corrected chi connectivity index (χ4v) is 4.20. The van der Waals surface area contributed by atoms with E-state index in [2.05, 4.69) is 27.7 Å². The predicted molar refractivity (Wildman–Crippen MR) is 106 cm³/mol. The summed E-state index contributed by atoms with van der Waals surface area (Å²) in [5, 5.41) is 0. The Balaban J connectivity index is 4.99. The van der Waals surface area contributed by atoms with Crippen molar-refractivity contribution in [2.45, 2.75) is 123 Å². The summed E-state index contributed by atoms with van der Waals surface area (Å²) < 4.78 is 35.7. The second kappa shape index (κ2) is 15.0. The molecule has 0 N–H and O–H groups in total. The molecule has 5 heteroatoms. The van der Waals surface area contributed by atoms with Gasteiger partial charge in [-0.2, -0.15) is 8.42 Å². The van der Waals surface area contributed by atoms with Gasteiger partial charge in [0.2, 0.25) is 0 Å². The van der Waals surface area contributed by atoms with E-state index in [0.717, 1.165) is 89.9 Å². The average molecular weight is 379 g/mol. The Morgan fingerprint density at radius 2 is 1.08 bits per heavy atom. The summed E-state index contributed by atoms with van der Waals surface area (Å²) in [6.45, 7) is 8.78. The Hall–Kier alpha value is -0.130. The first kappa shape index (κ1) is 24.9. The topological polar surface area (TPSA) is 52.6 Å². The van der Waals surface area contributed by atoms with E-state index in [1.54, 1.807) is 0 Å². The summed E-state index contributed by atoms with van der Waals surface area (Å²) in [6, 6.07) is 0. The van der Waals surface area contributed by atoms with Crippen LogP contribution < -0.4 is 0 Å². The molecule has 0 saturated heterocycles. The highest BCUT2D eigenvalue weighted by Crippen LogP contribution is 2.34. The summed E-state index contributed by atoms with van der Waals surface area (Å²) >= 11 is 0. The van der Waals surface area contributed by atoms with Crippen LogP contribution in [0.4, 0.5) is 0 Å². The molecule has 0 unspecified atom stereocenters. The average Bonchev–Trinajstić information content (AvgIpc) is 2.57. The molecule has 0 aromatic rings. The molecule has 0 spiro atoms. The van der Waals surface area contributed by atoms with Crippen molar-refractivity contribution in [3.63, 3.8) is 0 Å². The van der Waals surface area contributed by atoms with Gasteiger partial charge in [0.25, 0.3) is 0 Å². The minimum Gasteiger partial charge on any atom is -0.248 e. The van der Waals surface area contributed by atoms with Crippen LogP contribution in [0.1, 0.15) is 118 Å². The van der Waals surface area contributed by atoms with Crippen LogP contribution in [0.5, 0.6) is 0 Å². The van der Waals surface area contributed by atoms with Crippen LogP contribution in [0.3, 0.4) is 0 Å². The molecule has 0 rings (SSSR count). The van der Waals surface area contributed by atoms with E-state index >= 15 is 0 Å². The van der Waals surface area contributed by atoms with Gasteiger partial charge in [-0.3, -0.25) is 0 Å². The highest BCUT2D eigenvalue weighted by atomic mass is 32.3. The van der Waals surface area contributed by atoms with Gasteiger partial charge in [-0.05, 0) is 25.7 Å². The number of unbranched alkanes of at least 4 members (excludes halogenated alkanes) is 7. The fourth-order valence-electron chi connectivity index (χ4n) is 3.15. The van der Waals surface area contributed by atoms with Gasteiger partial charge >= 0.3 is 10.4 Å². The Morgan fingerprint density at radius 3 is 1.56 bits per heavy atom. The van der Waals surface area contributed by atoms with Crippen molar-refractivity contribution in [3.8, 4) is 0 Å². The van der Waals surface area contributed by atoms with E-state index in [0.29, 0.717) is 0 Å². The summed E-state index contributed by atoms with van der Waals surface area (Å²) in [5.74, 6) is 0. The van der Waals surface area contributed by atoms with E-state index in [1.165, 1.54) is 0 Å². The van der Waals surface area contributed by atoms with Gasteiger partial charge in [-0.25, -0.2) is 8.37 Å². The molecule has 0 aromatic heterocycles. The molecule has 0 aromatic carbocycles. The van der Waals surface area contributed by atoms with E-state index < -0.39 is 16.0 Å². The lowest BCUT2D eigenvalue weighted by atomic mass is 9.86. The quantitative estimate of drug-likeness (QED) is 0.254. The Kier molecular flexibility index (Phi) is 14.9. The zero-order chi connectivity index (χ0) is 19.0. The second-order valence-electron chi connectivity index (χ2n) is 7.22. The number of hydrogen-bond acceptors (Lipinski definition) is 4. The van der Waals surface area contributed by atoms with Gasteiger partial charge in [0.05, 0.1) is 12.2 Å². The molecule has 0 amide bonds. The maximum absolute atomic E-state index is 12.4. The highest BCUT2D eigenvalue weighted by molar-refractivity contribution is 7.81. The van der Waals surface area contributed by atoms with Crippen LogP contribution in [-0.2, 0) is 18.8 Å². The number of hydrogen-bond donors (Lipinski definition) is 0. The predicted octanol–water partition coefficient (Wildman–Crippen LogP) is 6.54. The van der Waals surface area contributed by atoms with E-state index in [1.807, 2.05) is 0 Å². The van der Waals surface area contributed by atoms with Crippen molar-refractivity contribution >= 4 is 10.4 Å². The highest BCUT2D eigenvalue weighted by Gasteiger charge is 2.35. The molecular weight excluding hydrogens is 336 g/mol. The zero-order valence-electron chi connectivity index (χ0n) is 17.1. The van der Waals surface area contributed by atoms with Gasteiger partial charge < -0.3 is 0 Å². The maximum atomic E-state index is 12.4. The molecule has 0 heterocycles. The Morgan fingerprint density at radius 1 is 0.640 bits per heavy atom. The van der Waals surface area contributed by atoms with Crippen LogP contribution in [-0.4, -0.2) is 20.6 Å². The molecule has 25 heavy (non-hydrogen) atoms. The molecule has 0 atom stereocenters. The lowest BCUT2D eigenvalue weighted by Gasteiger charge is -2.33. The minimum absolute atomic E-state index is 0.226. The third-order valence-electron chi connectivity index (χ3n) is 4.71. The SMILES string of the molecule is CCCCCOS(=O)(=O)OC(CCCC)(CCCCC)CCCCC. The van der Waals surface area contributed by atoms with Gasteiger partial charge in [-0.15, -0.1) is 0 Å². The molecule has 0 radical (unpaired) electrons. The van der Waals surface area contributed by atoms with Gasteiger partial charge in [0.1, 0.15) is 0 Å². The monoisotopic (exact) mass is 378 g/mol. The summed E-state index contributed by atoms with van der Waals surface area (Å²) in [7, 11) is -3.92. The Bertz CT molecular complexity index is 383. The van der Waals surface area contributed by atoms with Crippen LogP contribution >= 0.6 is 0 Å². The number of rotatable bonds is 18. The van der Waals surface area contributed by atoms with Crippen LogP contribution in [0.15, 0.2) is 0 Å². The van der Waals surface area contributed by atoms with Gasteiger partial charge in [0, 0.05) is 0 Å². The van der Waals surface area contributed by atoms with Gasteiger partial charge in [-0.1, -0.05) is 91.9 Å². The Labute approximate surface area is 157 Å². The molecule has 0 aliphatic rings. The van der Waals surface area contributed by atoms with Crippen molar-refractivity contribution in [1.29, 1.82) is 0 Å². The van der Waals surface area contributed by atoms with Gasteiger partial charge in [0.15, 0.2) is 0 Å². The standard InChI is InChI=1S/C20H42O4S/c1-5-9-13-17-20(16-12-8-4,18-14-10-6-2)24-25(21,22)23-19-15-11-7-3/h5-19H2,1-4H3. The lowest BCUT2D eigenvalue weighted by molar-refractivity contribution is 0.0225. The lowest BCUT2D eigenvalue weighted by Crippen LogP contribution is -2.36. The normalized spacial score (nSPS) is 12.6. The molecule has 152 valence electrons. The maximum Gasteiger partial charge on any atom is 0.400 e. The molecule has 0 aliphatic carbocycles. The summed E-state index contributed by atoms with van der Waals surface area (Å²) in [6.07, 6.45) is 13.7. The molecule has 4 nitrogen and oxygen atoms in total. The molecule has 0 saturated carbocycles. The molecule has 0 bridgehead atoms. The van der Waals surface area contributed by atoms with Crippen LogP contribution in [0.2, 0.25) is 0 Å². The van der Waals surface area contributed by atoms with E-state index in [4.69, 9.17) is 8.37 Å². The molecule has 0 aliphatic heterocycles. The minimum atomic E-state index is -3.92. The van der Waals surface area contributed by atoms with Crippen molar-refractivity contribution in [2.75, 3.05) is 6.61 Å². The fraction of sp³-hybridized carbons (Fsp3) is 1.00. The van der Waals surface area contributed by atoms with E-state index in [-0.39, 0.29) is 6.61 Å². The van der Waals surface area contributed by atoms with E-state index in [9.17, 15) is 8.42 Å². The smallest absolute Gasteiger partial charge is 0.248 e. The summed E-state index contributed by atoms with van der Waals surface area (Å²) in [4.78, 5) is 0. The second-order valence-corrected chi connectivity index (χ2v) is 8.44. The van der Waals surface area contributed by atoms with Crippen LogP contribution in [0.25, 0.3) is 0 Å². The first-order valence-electron chi connectivity index (χ1n) is 10.5. The van der Waals surface area contributed by atoms with Crippen molar-refractivity contribution in [1.82, 2.24) is 0 Å². The first-order valence-corrected chi connectivity index (χ1v) is 11.9. The van der Waals surface area contributed by atoms with Crippen molar-refractivity contribution in [3.05, 3.63) is 0 Å². The zero-order valence-corrected chi connectivity index (χ0v) is 18.0.